The summed E-state index contributed by atoms with van der Waals surface area (Å²) in [5.41, 5.74) is 2.37. The molecule has 0 bridgehead atoms. The minimum absolute atomic E-state index is 0.579. The van der Waals surface area contributed by atoms with Gasteiger partial charge >= 0.3 is 0 Å². The normalized spacial score (nSPS) is 10.8. The first-order chi connectivity index (χ1) is 9.40. The summed E-state index contributed by atoms with van der Waals surface area (Å²) >= 11 is 0. The van der Waals surface area contributed by atoms with E-state index in [0.29, 0.717) is 6.61 Å². The van der Waals surface area contributed by atoms with Crippen molar-refractivity contribution in [3.05, 3.63) is 71.8 Å². The smallest absolute Gasteiger partial charge is 0.124 e. The fourth-order valence-electron chi connectivity index (χ4n) is 1.87. The Kier molecular flexibility index (Phi) is 5.20. The van der Waals surface area contributed by atoms with Crippen LogP contribution in [0.2, 0.25) is 0 Å². The number of rotatable bonds is 6. The summed E-state index contributed by atoms with van der Waals surface area (Å²) in [6.07, 6.45) is 4.10. The molecule has 0 heterocycles. The molecular formula is C17H19NO. The molecule has 2 heteroatoms. The highest BCUT2D eigenvalue weighted by atomic mass is 16.5. The fraction of sp³-hybridized carbons (Fsp3) is 0.176. The summed E-state index contributed by atoms with van der Waals surface area (Å²) in [6, 6.07) is 18.3. The van der Waals surface area contributed by atoms with Crippen LogP contribution < -0.4 is 10.1 Å². The summed E-state index contributed by atoms with van der Waals surface area (Å²) in [5, 5.41) is 3.14. The number of ether oxygens (including phenoxy) is 1. The van der Waals surface area contributed by atoms with Gasteiger partial charge in [0, 0.05) is 12.1 Å². The quantitative estimate of drug-likeness (QED) is 0.850. The van der Waals surface area contributed by atoms with Gasteiger partial charge < -0.3 is 10.1 Å². The number of hydrogen-bond acceptors (Lipinski definition) is 2. The molecule has 2 aromatic rings. The van der Waals surface area contributed by atoms with Crippen LogP contribution in [0, 0.1) is 0 Å². The zero-order valence-corrected chi connectivity index (χ0v) is 11.2. The summed E-state index contributed by atoms with van der Waals surface area (Å²) in [7, 11) is 1.94. The van der Waals surface area contributed by atoms with Gasteiger partial charge in [-0.15, -0.1) is 0 Å². The Morgan fingerprint density at radius 3 is 2.53 bits per heavy atom. The van der Waals surface area contributed by atoms with Crippen molar-refractivity contribution in [3.8, 4) is 5.75 Å². The second-order valence-electron chi connectivity index (χ2n) is 4.26. The van der Waals surface area contributed by atoms with Gasteiger partial charge in [-0.25, -0.2) is 0 Å². The zero-order valence-electron chi connectivity index (χ0n) is 11.2. The van der Waals surface area contributed by atoms with E-state index in [1.807, 2.05) is 49.5 Å². The molecule has 2 nitrogen and oxygen atoms in total. The lowest BCUT2D eigenvalue weighted by atomic mass is 10.2. The molecule has 2 rings (SSSR count). The standard InChI is InChI=1S/C17H19NO/c1-18-14-16-11-5-6-12-17(16)19-13-7-10-15-8-3-2-4-9-15/h2-12,18H,13-14H2,1H3/b10-7+. The van der Waals surface area contributed by atoms with Gasteiger partial charge in [0.05, 0.1) is 0 Å². The van der Waals surface area contributed by atoms with Crippen molar-refractivity contribution >= 4 is 6.08 Å². The Hall–Kier alpha value is -2.06. The van der Waals surface area contributed by atoms with Crippen LogP contribution in [0.15, 0.2) is 60.7 Å². The van der Waals surface area contributed by atoms with Crippen LogP contribution in [-0.2, 0) is 6.54 Å². The molecule has 0 aliphatic carbocycles. The number of nitrogens with one attached hydrogen (secondary N) is 1. The molecule has 1 N–H and O–H groups in total. The van der Waals surface area contributed by atoms with E-state index in [4.69, 9.17) is 4.74 Å². The van der Waals surface area contributed by atoms with Gasteiger partial charge in [0.1, 0.15) is 12.4 Å². The van der Waals surface area contributed by atoms with Crippen LogP contribution in [-0.4, -0.2) is 13.7 Å². The fourth-order valence-corrected chi connectivity index (χ4v) is 1.87. The van der Waals surface area contributed by atoms with Crippen LogP contribution in [0.5, 0.6) is 5.75 Å². The predicted molar refractivity (Wildman–Crippen MR) is 80.2 cm³/mol. The van der Waals surface area contributed by atoms with E-state index < -0.39 is 0 Å². The van der Waals surface area contributed by atoms with Crippen molar-refractivity contribution in [2.24, 2.45) is 0 Å². The highest BCUT2D eigenvalue weighted by Gasteiger charge is 1.99. The molecule has 0 radical (unpaired) electrons. The van der Waals surface area contributed by atoms with Gasteiger partial charge in [-0.05, 0) is 24.8 Å². The lowest BCUT2D eigenvalue weighted by molar-refractivity contribution is 0.358. The molecule has 0 aliphatic rings. The molecule has 19 heavy (non-hydrogen) atoms. The largest absolute Gasteiger partial charge is 0.489 e. The van der Waals surface area contributed by atoms with Gasteiger partial charge in [-0.2, -0.15) is 0 Å². The Balaban J connectivity index is 1.91. The third-order valence-corrected chi connectivity index (χ3v) is 2.78. The number of benzene rings is 2. The Bertz CT molecular complexity index is 520. The van der Waals surface area contributed by atoms with Gasteiger partial charge in [-0.3, -0.25) is 0 Å². The van der Waals surface area contributed by atoms with Crippen LogP contribution in [0.1, 0.15) is 11.1 Å². The van der Waals surface area contributed by atoms with E-state index in [2.05, 4.69) is 29.6 Å². The summed E-state index contributed by atoms with van der Waals surface area (Å²) in [6.45, 7) is 1.40. The highest BCUT2D eigenvalue weighted by molar-refractivity contribution is 5.48. The molecule has 0 aromatic heterocycles. The van der Waals surface area contributed by atoms with Gasteiger partial charge in [-0.1, -0.05) is 54.6 Å². The van der Waals surface area contributed by atoms with E-state index in [-0.39, 0.29) is 0 Å². The Morgan fingerprint density at radius 1 is 1.00 bits per heavy atom. The molecule has 0 aliphatic heterocycles. The second kappa shape index (κ2) is 7.39. The average Bonchev–Trinajstić information content (AvgIpc) is 2.47. The van der Waals surface area contributed by atoms with Gasteiger partial charge in [0.15, 0.2) is 0 Å². The Labute approximate surface area is 114 Å². The molecule has 0 unspecified atom stereocenters. The minimum Gasteiger partial charge on any atom is -0.489 e. The number of hydrogen-bond donors (Lipinski definition) is 1. The molecule has 0 saturated heterocycles. The van der Waals surface area contributed by atoms with Crippen LogP contribution in [0.4, 0.5) is 0 Å². The van der Waals surface area contributed by atoms with Crippen molar-refractivity contribution in [2.45, 2.75) is 6.54 Å². The van der Waals surface area contributed by atoms with Gasteiger partial charge in [0.25, 0.3) is 0 Å². The first kappa shape index (κ1) is 13.4. The monoisotopic (exact) mass is 253 g/mol. The molecule has 0 fully saturated rings. The molecule has 0 atom stereocenters. The van der Waals surface area contributed by atoms with E-state index >= 15 is 0 Å². The molecule has 0 amide bonds. The first-order valence-electron chi connectivity index (χ1n) is 6.47. The maximum atomic E-state index is 5.78. The lowest BCUT2D eigenvalue weighted by Gasteiger charge is -2.09. The molecule has 0 saturated carbocycles. The predicted octanol–water partition coefficient (Wildman–Crippen LogP) is 3.50. The molecule has 98 valence electrons. The van der Waals surface area contributed by atoms with Crippen molar-refractivity contribution in [1.29, 1.82) is 0 Å². The average molecular weight is 253 g/mol. The first-order valence-corrected chi connectivity index (χ1v) is 6.47. The Morgan fingerprint density at radius 2 is 1.74 bits per heavy atom. The van der Waals surface area contributed by atoms with Crippen LogP contribution >= 0.6 is 0 Å². The second-order valence-corrected chi connectivity index (χ2v) is 4.26. The van der Waals surface area contributed by atoms with E-state index in [0.717, 1.165) is 12.3 Å². The maximum absolute atomic E-state index is 5.78. The van der Waals surface area contributed by atoms with Crippen molar-refractivity contribution in [2.75, 3.05) is 13.7 Å². The molecular weight excluding hydrogens is 234 g/mol. The SMILES string of the molecule is CNCc1ccccc1OC/C=C/c1ccccc1. The lowest BCUT2D eigenvalue weighted by Crippen LogP contribution is -2.07. The molecule has 2 aromatic carbocycles. The third-order valence-electron chi connectivity index (χ3n) is 2.78. The van der Waals surface area contributed by atoms with Crippen LogP contribution in [0.25, 0.3) is 6.08 Å². The molecule has 0 spiro atoms. The van der Waals surface area contributed by atoms with Crippen LogP contribution in [0.3, 0.4) is 0 Å². The van der Waals surface area contributed by atoms with E-state index in [1.165, 1.54) is 11.1 Å². The van der Waals surface area contributed by atoms with Crippen molar-refractivity contribution in [1.82, 2.24) is 5.32 Å². The topological polar surface area (TPSA) is 21.3 Å². The van der Waals surface area contributed by atoms with Gasteiger partial charge in [0.2, 0.25) is 0 Å². The van der Waals surface area contributed by atoms with Crippen molar-refractivity contribution in [3.63, 3.8) is 0 Å². The number of para-hydroxylation sites is 1. The summed E-state index contributed by atoms with van der Waals surface area (Å²) in [4.78, 5) is 0. The van der Waals surface area contributed by atoms with Crippen molar-refractivity contribution < 1.29 is 4.74 Å². The summed E-state index contributed by atoms with van der Waals surface area (Å²) < 4.78 is 5.78. The minimum atomic E-state index is 0.579. The maximum Gasteiger partial charge on any atom is 0.124 e. The highest BCUT2D eigenvalue weighted by Crippen LogP contribution is 2.17. The zero-order chi connectivity index (χ0) is 13.3. The van der Waals surface area contributed by atoms with E-state index in [1.54, 1.807) is 0 Å². The third kappa shape index (κ3) is 4.27. The van der Waals surface area contributed by atoms with E-state index in [9.17, 15) is 0 Å². The summed E-state index contributed by atoms with van der Waals surface area (Å²) in [5.74, 6) is 0.939.